The number of carboxylic acid groups (broad SMARTS) is 1. The van der Waals surface area contributed by atoms with Gasteiger partial charge in [0.05, 0.1) is 21.3 Å². The molecule has 1 aromatic carbocycles. The molecule has 0 aromatic heterocycles. The number of hydrogen-bond acceptors (Lipinski definition) is 2. The predicted molar refractivity (Wildman–Crippen MR) is 82.4 cm³/mol. The van der Waals surface area contributed by atoms with E-state index < -0.39 is 5.97 Å². The smallest absolute Gasteiger partial charge is 0.335 e. The molecule has 2 amide bonds. The van der Waals surface area contributed by atoms with E-state index >= 15 is 0 Å². The molecular formula is C14H14Cl2N2O3. The molecule has 0 unspecified atom stereocenters. The summed E-state index contributed by atoms with van der Waals surface area (Å²) in [5, 5.41) is 11.7. The molecule has 0 saturated heterocycles. The van der Waals surface area contributed by atoms with Gasteiger partial charge in [-0.1, -0.05) is 29.3 Å². The van der Waals surface area contributed by atoms with Gasteiger partial charge >= 0.3 is 12.0 Å². The predicted octanol–water partition coefficient (Wildman–Crippen LogP) is 3.87. The van der Waals surface area contributed by atoms with E-state index in [9.17, 15) is 9.59 Å². The van der Waals surface area contributed by atoms with Crippen molar-refractivity contribution in [2.24, 2.45) is 0 Å². The first kappa shape index (κ1) is 15.7. The van der Waals surface area contributed by atoms with E-state index in [1.165, 1.54) is 12.1 Å². The fraction of sp³-hybridized carbons (Fsp3) is 0.286. The zero-order valence-corrected chi connectivity index (χ0v) is 12.6. The number of hydrogen-bond donors (Lipinski definition) is 2. The molecule has 7 heteroatoms. The number of nitrogens with one attached hydrogen (secondary N) is 1. The summed E-state index contributed by atoms with van der Waals surface area (Å²) in [5.41, 5.74) is 0.177. The average Bonchev–Trinajstić information content (AvgIpc) is 3.23. The summed E-state index contributed by atoms with van der Waals surface area (Å²) in [5.74, 6) is -1.14. The first-order valence-electron chi connectivity index (χ1n) is 6.35. The third-order valence-electron chi connectivity index (χ3n) is 3.10. The van der Waals surface area contributed by atoms with Crippen LogP contribution in [0.2, 0.25) is 10.0 Å². The van der Waals surface area contributed by atoms with Gasteiger partial charge in [0, 0.05) is 12.6 Å². The van der Waals surface area contributed by atoms with Crippen molar-refractivity contribution in [3.63, 3.8) is 0 Å². The second kappa shape index (κ2) is 6.37. The molecule has 0 spiro atoms. The highest BCUT2D eigenvalue weighted by Gasteiger charge is 2.32. The van der Waals surface area contributed by atoms with Crippen LogP contribution in [0.5, 0.6) is 0 Å². The molecule has 0 atom stereocenters. The van der Waals surface area contributed by atoms with Gasteiger partial charge in [-0.2, -0.15) is 0 Å². The molecule has 0 radical (unpaired) electrons. The maximum atomic E-state index is 12.2. The summed E-state index contributed by atoms with van der Waals surface area (Å²) in [6, 6.07) is 2.38. The lowest BCUT2D eigenvalue weighted by atomic mass is 10.2. The Morgan fingerprint density at radius 1 is 1.38 bits per heavy atom. The van der Waals surface area contributed by atoms with Crippen LogP contribution >= 0.6 is 23.2 Å². The summed E-state index contributed by atoms with van der Waals surface area (Å²) < 4.78 is 0. The quantitative estimate of drug-likeness (QED) is 0.806. The Morgan fingerprint density at radius 2 is 1.95 bits per heavy atom. The van der Waals surface area contributed by atoms with Crippen molar-refractivity contribution >= 4 is 40.9 Å². The Bertz CT molecular complexity index is 577. The molecule has 0 aliphatic heterocycles. The van der Waals surface area contributed by atoms with E-state index in [2.05, 4.69) is 11.9 Å². The number of carbonyl (C=O) groups excluding carboxylic acids is 1. The molecule has 0 heterocycles. The van der Waals surface area contributed by atoms with Crippen LogP contribution in [0, 0.1) is 0 Å². The van der Waals surface area contributed by atoms with Crippen LogP contribution in [-0.2, 0) is 0 Å². The Balaban J connectivity index is 2.20. The van der Waals surface area contributed by atoms with Gasteiger partial charge in [0.25, 0.3) is 0 Å². The lowest BCUT2D eigenvalue weighted by Crippen LogP contribution is -2.37. The van der Waals surface area contributed by atoms with Gasteiger partial charge in [0.1, 0.15) is 0 Å². The Labute approximate surface area is 132 Å². The summed E-state index contributed by atoms with van der Waals surface area (Å²) in [6.07, 6.45) is 3.57. The Morgan fingerprint density at radius 3 is 2.38 bits per heavy atom. The molecule has 1 aliphatic rings. The van der Waals surface area contributed by atoms with Crippen molar-refractivity contribution in [3.8, 4) is 0 Å². The molecule has 2 N–H and O–H groups in total. The zero-order chi connectivity index (χ0) is 15.6. The van der Waals surface area contributed by atoms with Crippen molar-refractivity contribution in [1.29, 1.82) is 0 Å². The number of carbonyl (C=O) groups is 2. The van der Waals surface area contributed by atoms with Crippen molar-refractivity contribution in [2.45, 2.75) is 18.9 Å². The fourth-order valence-corrected chi connectivity index (χ4v) is 2.50. The number of aromatic carboxylic acids is 1. The normalized spacial score (nSPS) is 13.6. The minimum absolute atomic E-state index is 0.0341. The van der Waals surface area contributed by atoms with Crippen molar-refractivity contribution in [2.75, 3.05) is 11.9 Å². The second-order valence-electron chi connectivity index (χ2n) is 4.72. The molecule has 5 nitrogen and oxygen atoms in total. The number of rotatable bonds is 5. The van der Waals surface area contributed by atoms with Crippen molar-refractivity contribution in [1.82, 2.24) is 4.90 Å². The highest BCUT2D eigenvalue weighted by molar-refractivity contribution is 6.40. The lowest BCUT2D eigenvalue weighted by Gasteiger charge is -2.22. The van der Waals surface area contributed by atoms with Crippen molar-refractivity contribution < 1.29 is 14.7 Å². The van der Waals surface area contributed by atoms with Gasteiger partial charge in [0.15, 0.2) is 0 Å². The third-order valence-corrected chi connectivity index (χ3v) is 3.69. The molecule has 0 bridgehead atoms. The van der Waals surface area contributed by atoms with Crippen LogP contribution < -0.4 is 5.32 Å². The highest BCUT2D eigenvalue weighted by atomic mass is 35.5. The van der Waals surface area contributed by atoms with Crippen molar-refractivity contribution in [3.05, 3.63) is 40.4 Å². The molecule has 2 rings (SSSR count). The number of amides is 2. The number of carboxylic acids is 1. The van der Waals surface area contributed by atoms with Gasteiger partial charge in [-0.3, -0.25) is 0 Å². The maximum absolute atomic E-state index is 12.2. The summed E-state index contributed by atoms with van der Waals surface area (Å²) >= 11 is 12.0. The van der Waals surface area contributed by atoms with Gasteiger partial charge in [-0.05, 0) is 25.0 Å². The third kappa shape index (κ3) is 3.68. The van der Waals surface area contributed by atoms with E-state index in [1.807, 2.05) is 0 Å². The van der Waals surface area contributed by atoms with Gasteiger partial charge in [-0.15, -0.1) is 6.58 Å². The summed E-state index contributed by atoms with van der Waals surface area (Å²) in [4.78, 5) is 24.8. The molecule has 21 heavy (non-hydrogen) atoms. The van der Waals surface area contributed by atoms with Gasteiger partial charge < -0.3 is 15.3 Å². The van der Waals surface area contributed by atoms with Crippen LogP contribution in [0.3, 0.4) is 0 Å². The fourth-order valence-electron chi connectivity index (χ4n) is 1.92. The lowest BCUT2D eigenvalue weighted by molar-refractivity contribution is 0.0697. The molecular weight excluding hydrogens is 315 g/mol. The molecule has 1 saturated carbocycles. The highest BCUT2D eigenvalue weighted by Crippen LogP contribution is 2.33. The molecule has 1 fully saturated rings. The summed E-state index contributed by atoms with van der Waals surface area (Å²) in [6.45, 7) is 4.06. The monoisotopic (exact) mass is 328 g/mol. The van der Waals surface area contributed by atoms with E-state index in [4.69, 9.17) is 28.3 Å². The van der Waals surface area contributed by atoms with E-state index in [0.717, 1.165) is 12.8 Å². The SMILES string of the molecule is C=CCN(C(=O)Nc1c(Cl)cc(C(=O)O)cc1Cl)C1CC1. The first-order valence-corrected chi connectivity index (χ1v) is 7.10. The molecule has 112 valence electrons. The molecule has 1 aliphatic carbocycles. The average molecular weight is 329 g/mol. The van der Waals surface area contributed by atoms with Crippen LogP contribution in [0.1, 0.15) is 23.2 Å². The summed E-state index contributed by atoms with van der Waals surface area (Å²) in [7, 11) is 0. The van der Waals surface area contributed by atoms with Gasteiger partial charge in [-0.25, -0.2) is 9.59 Å². The van der Waals surface area contributed by atoms with Crippen LogP contribution in [0.15, 0.2) is 24.8 Å². The first-order chi connectivity index (χ1) is 9.93. The van der Waals surface area contributed by atoms with Crippen LogP contribution in [0.25, 0.3) is 0 Å². The molecule has 1 aromatic rings. The van der Waals surface area contributed by atoms with E-state index in [1.54, 1.807) is 11.0 Å². The number of urea groups is 1. The van der Waals surface area contributed by atoms with Crippen LogP contribution in [-0.4, -0.2) is 34.6 Å². The van der Waals surface area contributed by atoms with E-state index in [-0.39, 0.29) is 33.4 Å². The topological polar surface area (TPSA) is 69.6 Å². The number of anilines is 1. The zero-order valence-electron chi connectivity index (χ0n) is 11.1. The number of nitrogens with zero attached hydrogens (tertiary/aromatic N) is 1. The Hall–Kier alpha value is -1.72. The minimum atomic E-state index is -1.14. The van der Waals surface area contributed by atoms with E-state index in [0.29, 0.717) is 6.54 Å². The minimum Gasteiger partial charge on any atom is -0.478 e. The Kier molecular flexibility index (Phi) is 4.75. The number of halogens is 2. The largest absolute Gasteiger partial charge is 0.478 e. The standard InChI is InChI=1S/C14H14Cl2N2O3/c1-2-5-18(9-3-4-9)14(21)17-12-10(15)6-8(13(19)20)7-11(12)16/h2,6-7,9H,1,3-5H2,(H,17,21)(H,19,20). The maximum Gasteiger partial charge on any atom is 0.335 e. The van der Waals surface area contributed by atoms with Crippen LogP contribution in [0.4, 0.5) is 10.5 Å². The van der Waals surface area contributed by atoms with Gasteiger partial charge in [0.2, 0.25) is 0 Å². The number of benzene rings is 1. The second-order valence-corrected chi connectivity index (χ2v) is 5.54.